The van der Waals surface area contributed by atoms with Crippen LogP contribution in [0.5, 0.6) is 11.5 Å². The van der Waals surface area contributed by atoms with Gasteiger partial charge >= 0.3 is 0 Å². The first-order chi connectivity index (χ1) is 11.8. The maximum atomic E-state index is 11.8. The van der Waals surface area contributed by atoms with E-state index >= 15 is 0 Å². The minimum atomic E-state index is 0. The molecule has 0 aliphatic heterocycles. The van der Waals surface area contributed by atoms with Gasteiger partial charge in [0.2, 0.25) is 5.91 Å². The SMILES string of the molecule is COc1ccc(OCCC(=O)NCCNC2CCCCCC2)cc1.Cl. The molecule has 0 aromatic heterocycles. The van der Waals surface area contributed by atoms with Gasteiger partial charge < -0.3 is 20.1 Å². The van der Waals surface area contributed by atoms with Crippen molar-refractivity contribution in [1.29, 1.82) is 0 Å². The summed E-state index contributed by atoms with van der Waals surface area (Å²) in [6.07, 6.45) is 8.29. The Balaban J connectivity index is 0.00000312. The average molecular weight is 371 g/mol. The molecular formula is C19H31ClN2O3. The molecule has 1 aliphatic carbocycles. The lowest BCUT2D eigenvalue weighted by Gasteiger charge is -2.16. The quantitative estimate of drug-likeness (QED) is 0.517. The molecule has 2 rings (SSSR count). The van der Waals surface area contributed by atoms with E-state index in [1.807, 2.05) is 24.3 Å². The van der Waals surface area contributed by atoms with Crippen molar-refractivity contribution in [3.63, 3.8) is 0 Å². The first-order valence-corrected chi connectivity index (χ1v) is 9.05. The lowest BCUT2D eigenvalue weighted by Crippen LogP contribution is -2.37. The van der Waals surface area contributed by atoms with Crippen molar-refractivity contribution < 1.29 is 14.3 Å². The summed E-state index contributed by atoms with van der Waals surface area (Å²) in [5.74, 6) is 1.58. The third-order valence-electron chi connectivity index (χ3n) is 4.39. The molecule has 0 saturated heterocycles. The number of amides is 1. The molecule has 2 N–H and O–H groups in total. The van der Waals surface area contributed by atoms with Gasteiger partial charge in [0, 0.05) is 19.1 Å². The Hall–Kier alpha value is -1.46. The highest BCUT2D eigenvalue weighted by atomic mass is 35.5. The van der Waals surface area contributed by atoms with E-state index in [-0.39, 0.29) is 18.3 Å². The second-order valence-corrected chi connectivity index (χ2v) is 6.27. The summed E-state index contributed by atoms with van der Waals surface area (Å²) in [7, 11) is 1.63. The molecule has 0 atom stereocenters. The molecule has 1 aromatic carbocycles. The fourth-order valence-electron chi connectivity index (χ4n) is 2.98. The number of carbonyl (C=O) groups excluding carboxylic acids is 1. The highest BCUT2D eigenvalue weighted by Gasteiger charge is 2.11. The van der Waals surface area contributed by atoms with Gasteiger partial charge in [-0.3, -0.25) is 4.79 Å². The number of rotatable bonds is 9. The molecule has 25 heavy (non-hydrogen) atoms. The highest BCUT2D eigenvalue weighted by molar-refractivity contribution is 5.85. The molecule has 0 heterocycles. The highest BCUT2D eigenvalue weighted by Crippen LogP contribution is 2.17. The Labute approximate surface area is 157 Å². The zero-order valence-corrected chi connectivity index (χ0v) is 15.9. The van der Waals surface area contributed by atoms with Gasteiger partial charge in [-0.1, -0.05) is 25.7 Å². The van der Waals surface area contributed by atoms with E-state index in [1.165, 1.54) is 38.5 Å². The normalized spacial score (nSPS) is 14.9. The van der Waals surface area contributed by atoms with E-state index in [9.17, 15) is 4.79 Å². The third kappa shape index (κ3) is 8.98. The number of hydrogen-bond donors (Lipinski definition) is 2. The average Bonchev–Trinajstić information content (AvgIpc) is 2.88. The molecule has 1 fully saturated rings. The largest absolute Gasteiger partial charge is 0.497 e. The van der Waals surface area contributed by atoms with Crippen LogP contribution in [0.25, 0.3) is 0 Å². The summed E-state index contributed by atoms with van der Waals surface area (Å²) < 4.78 is 10.7. The Morgan fingerprint density at radius 3 is 2.32 bits per heavy atom. The summed E-state index contributed by atoms with van der Waals surface area (Å²) >= 11 is 0. The lowest BCUT2D eigenvalue weighted by atomic mass is 10.1. The Morgan fingerprint density at radius 2 is 1.68 bits per heavy atom. The van der Waals surface area contributed by atoms with Crippen LogP contribution < -0.4 is 20.1 Å². The minimum absolute atomic E-state index is 0. The molecule has 0 bridgehead atoms. The van der Waals surface area contributed by atoms with Crippen molar-refractivity contribution in [2.45, 2.75) is 51.0 Å². The molecule has 1 saturated carbocycles. The fourth-order valence-corrected chi connectivity index (χ4v) is 2.98. The van der Waals surface area contributed by atoms with Crippen molar-refractivity contribution in [3.05, 3.63) is 24.3 Å². The molecular weight excluding hydrogens is 340 g/mol. The Bertz CT molecular complexity index is 474. The van der Waals surface area contributed by atoms with Crippen LogP contribution in [0, 0.1) is 0 Å². The summed E-state index contributed by atoms with van der Waals surface area (Å²) in [5.41, 5.74) is 0. The van der Waals surface area contributed by atoms with E-state index in [4.69, 9.17) is 9.47 Å². The molecule has 0 radical (unpaired) electrons. The van der Waals surface area contributed by atoms with E-state index in [0.717, 1.165) is 18.0 Å². The predicted octanol–water partition coefficient (Wildman–Crippen LogP) is 3.31. The second kappa shape index (κ2) is 12.8. The molecule has 1 aliphatic rings. The van der Waals surface area contributed by atoms with Crippen molar-refractivity contribution in [2.75, 3.05) is 26.8 Å². The summed E-state index contributed by atoms with van der Waals surface area (Å²) in [4.78, 5) is 11.8. The van der Waals surface area contributed by atoms with E-state index in [1.54, 1.807) is 7.11 Å². The van der Waals surface area contributed by atoms with Crippen LogP contribution in [0.1, 0.15) is 44.9 Å². The zero-order valence-electron chi connectivity index (χ0n) is 15.1. The lowest BCUT2D eigenvalue weighted by molar-refractivity contribution is -0.121. The number of methoxy groups -OCH3 is 1. The summed E-state index contributed by atoms with van der Waals surface area (Å²) in [6, 6.07) is 7.99. The van der Waals surface area contributed by atoms with Gasteiger partial charge in [0.05, 0.1) is 20.1 Å². The molecule has 1 amide bonds. The van der Waals surface area contributed by atoms with Crippen LogP contribution in [0.4, 0.5) is 0 Å². The van der Waals surface area contributed by atoms with Crippen molar-refractivity contribution in [2.24, 2.45) is 0 Å². The fraction of sp³-hybridized carbons (Fsp3) is 0.632. The van der Waals surface area contributed by atoms with Gasteiger partial charge in [0.15, 0.2) is 0 Å². The number of carbonyl (C=O) groups is 1. The van der Waals surface area contributed by atoms with Gasteiger partial charge in [-0.15, -0.1) is 12.4 Å². The summed E-state index contributed by atoms with van der Waals surface area (Å²) in [5, 5.41) is 6.49. The van der Waals surface area contributed by atoms with Gasteiger partial charge in [0.25, 0.3) is 0 Å². The van der Waals surface area contributed by atoms with Crippen LogP contribution in [0.15, 0.2) is 24.3 Å². The topological polar surface area (TPSA) is 59.6 Å². The molecule has 1 aromatic rings. The first kappa shape index (κ1) is 21.6. The molecule has 5 nitrogen and oxygen atoms in total. The van der Waals surface area contributed by atoms with Gasteiger partial charge in [-0.2, -0.15) is 0 Å². The second-order valence-electron chi connectivity index (χ2n) is 6.27. The van der Waals surface area contributed by atoms with Crippen molar-refractivity contribution in [1.82, 2.24) is 10.6 Å². The molecule has 142 valence electrons. The van der Waals surface area contributed by atoms with Gasteiger partial charge in [-0.05, 0) is 37.1 Å². The minimum Gasteiger partial charge on any atom is -0.497 e. The maximum absolute atomic E-state index is 11.8. The number of halogens is 1. The number of ether oxygens (including phenoxy) is 2. The van der Waals surface area contributed by atoms with E-state index < -0.39 is 0 Å². The van der Waals surface area contributed by atoms with Crippen molar-refractivity contribution >= 4 is 18.3 Å². The van der Waals surface area contributed by atoms with E-state index in [2.05, 4.69) is 10.6 Å². The molecule has 6 heteroatoms. The maximum Gasteiger partial charge on any atom is 0.223 e. The van der Waals surface area contributed by atoms with Crippen LogP contribution >= 0.6 is 12.4 Å². The summed E-state index contributed by atoms with van der Waals surface area (Å²) in [6.45, 7) is 1.90. The number of nitrogens with one attached hydrogen (secondary N) is 2. The van der Waals surface area contributed by atoms with Crippen LogP contribution in [0.2, 0.25) is 0 Å². The Kier molecular flexibility index (Phi) is 11.1. The zero-order chi connectivity index (χ0) is 17.0. The third-order valence-corrected chi connectivity index (χ3v) is 4.39. The van der Waals surface area contributed by atoms with Crippen LogP contribution in [0.3, 0.4) is 0 Å². The van der Waals surface area contributed by atoms with Crippen LogP contribution in [-0.2, 0) is 4.79 Å². The van der Waals surface area contributed by atoms with Gasteiger partial charge in [-0.25, -0.2) is 0 Å². The monoisotopic (exact) mass is 370 g/mol. The standard InChI is InChI=1S/C19H30N2O3.ClH/c1-23-17-8-10-18(11-9-17)24-15-12-19(22)21-14-13-20-16-6-4-2-3-5-7-16;/h8-11,16,20H,2-7,12-15H2,1H3,(H,21,22);1H. The number of hydrogen-bond acceptors (Lipinski definition) is 4. The van der Waals surface area contributed by atoms with Crippen LogP contribution in [-0.4, -0.2) is 38.8 Å². The molecule has 0 unspecified atom stereocenters. The first-order valence-electron chi connectivity index (χ1n) is 9.05. The van der Waals surface area contributed by atoms with Crippen molar-refractivity contribution in [3.8, 4) is 11.5 Å². The molecule has 0 spiro atoms. The van der Waals surface area contributed by atoms with Gasteiger partial charge in [0.1, 0.15) is 11.5 Å². The smallest absolute Gasteiger partial charge is 0.223 e. The number of benzene rings is 1. The Morgan fingerprint density at radius 1 is 1.04 bits per heavy atom. The predicted molar refractivity (Wildman–Crippen MR) is 103 cm³/mol. The van der Waals surface area contributed by atoms with E-state index in [0.29, 0.717) is 25.6 Å².